The molecule has 2 bridgehead atoms. The molecule has 0 aromatic heterocycles. The van der Waals surface area contributed by atoms with Crippen molar-refractivity contribution >= 4 is 29.8 Å². The zero-order chi connectivity index (χ0) is 37.0. The average Bonchev–Trinajstić information content (AvgIpc) is 3.86. The van der Waals surface area contributed by atoms with Crippen LogP contribution in [0.3, 0.4) is 0 Å². The van der Waals surface area contributed by atoms with Gasteiger partial charge in [-0.25, -0.2) is 0 Å². The van der Waals surface area contributed by atoms with E-state index in [4.69, 9.17) is 19.0 Å². The van der Waals surface area contributed by atoms with E-state index in [1.54, 1.807) is 30.1 Å². The molecule has 7 unspecified atom stereocenters. The fourth-order valence-electron chi connectivity index (χ4n) is 8.75. The minimum absolute atomic E-state index is 0.0899. The Morgan fingerprint density at radius 2 is 1.71 bits per heavy atom. The number of ether oxygens (including phenoxy) is 3. The average molecular weight is 725 g/mol. The van der Waals surface area contributed by atoms with Gasteiger partial charge in [0.15, 0.2) is 11.8 Å². The second-order valence-electron chi connectivity index (χ2n) is 15.2. The molecule has 4 aliphatic heterocycles. The van der Waals surface area contributed by atoms with Crippen molar-refractivity contribution in [2.24, 2.45) is 5.41 Å². The summed E-state index contributed by atoms with van der Waals surface area (Å²) in [4.78, 5) is 64.6. The second-order valence-corrected chi connectivity index (χ2v) is 15.2. The first kappa shape index (κ1) is 38.4. The number of nitrogens with one attached hydrogen (secondary N) is 1. The zero-order valence-corrected chi connectivity index (χ0v) is 31.1. The van der Waals surface area contributed by atoms with Gasteiger partial charge in [0.2, 0.25) is 17.7 Å². The molecule has 1 saturated carbocycles. The molecule has 1 aromatic carbocycles. The maximum absolute atomic E-state index is 15.2. The molecule has 52 heavy (non-hydrogen) atoms. The number of hydrogen-bond acceptors (Lipinski definition) is 10. The summed E-state index contributed by atoms with van der Waals surface area (Å²) in [6.45, 7) is 4.75. The standard InChI is InChI=1S/C39H56N4O9/c1-5-7-9-19-38(20-10-8-6-2)50-31-29-24-39(37(48)42-22-11-12-28(42)35(46)40-21-23-44)33(36(47)49-29)43(52-34(39)32(31)51-38)25-27-15-13-26(14-16-27)17-18-30(45)41(3)4/h13-18,28-29,31-34,44H,5-12,19-25H2,1-4H3,(H,40,46). The molecule has 1 aromatic rings. The lowest BCUT2D eigenvalue weighted by Gasteiger charge is -2.50. The molecule has 5 fully saturated rings. The number of rotatable bonds is 16. The Morgan fingerprint density at radius 1 is 1.02 bits per heavy atom. The highest BCUT2D eigenvalue weighted by Gasteiger charge is 2.77. The number of esters is 1. The minimum atomic E-state index is -1.37. The molecular weight excluding hydrogens is 668 g/mol. The molecule has 4 saturated heterocycles. The van der Waals surface area contributed by atoms with Gasteiger partial charge in [0.1, 0.15) is 35.9 Å². The number of hydrogen-bond donors (Lipinski definition) is 2. The van der Waals surface area contributed by atoms with E-state index in [0.29, 0.717) is 32.2 Å². The normalized spacial score (nSPS) is 30.4. The van der Waals surface area contributed by atoms with Gasteiger partial charge < -0.3 is 34.4 Å². The van der Waals surface area contributed by atoms with Crippen LogP contribution in [0.25, 0.3) is 6.08 Å². The SMILES string of the molecule is CCCCCC1(CCCCC)OC2C3CC4(C(=O)N5CCCC5C(=O)NCCO)C(ON(Cc5ccc(C=CC(=O)N(C)C)cc5)C4C(=O)O3)C2O1. The van der Waals surface area contributed by atoms with E-state index in [1.165, 1.54) is 11.0 Å². The molecule has 1 aliphatic carbocycles. The van der Waals surface area contributed by atoms with Crippen LogP contribution < -0.4 is 5.32 Å². The number of likely N-dealkylation sites (tertiary alicyclic amines) is 1. The summed E-state index contributed by atoms with van der Waals surface area (Å²) in [5.74, 6) is -2.18. The first-order chi connectivity index (χ1) is 25.1. The predicted molar refractivity (Wildman–Crippen MR) is 191 cm³/mol. The van der Waals surface area contributed by atoms with Crippen LogP contribution in [0.4, 0.5) is 0 Å². The molecule has 4 heterocycles. The van der Waals surface area contributed by atoms with E-state index in [-0.39, 0.29) is 43.8 Å². The van der Waals surface area contributed by atoms with E-state index >= 15 is 4.79 Å². The monoisotopic (exact) mass is 724 g/mol. The number of aliphatic hydroxyl groups is 1. The van der Waals surface area contributed by atoms with Crippen LogP contribution in [-0.4, -0.2) is 120 Å². The van der Waals surface area contributed by atoms with E-state index in [0.717, 1.165) is 49.7 Å². The van der Waals surface area contributed by atoms with Gasteiger partial charge in [-0.15, -0.1) is 0 Å². The number of carbonyl (C=O) groups is 4. The number of carbonyl (C=O) groups excluding carboxylic acids is 4. The maximum Gasteiger partial charge on any atom is 0.327 e. The van der Waals surface area contributed by atoms with Crippen LogP contribution >= 0.6 is 0 Å². The molecule has 2 N–H and O–H groups in total. The number of benzene rings is 1. The van der Waals surface area contributed by atoms with Crippen LogP contribution in [0.5, 0.6) is 0 Å². The number of unbranched alkanes of at least 4 members (excludes halogenated alkanes) is 4. The third-order valence-electron chi connectivity index (χ3n) is 11.4. The maximum atomic E-state index is 15.2. The van der Waals surface area contributed by atoms with E-state index < -0.39 is 53.7 Å². The Morgan fingerprint density at radius 3 is 2.37 bits per heavy atom. The summed E-state index contributed by atoms with van der Waals surface area (Å²) in [5, 5.41) is 13.7. The molecule has 286 valence electrons. The summed E-state index contributed by atoms with van der Waals surface area (Å²) in [7, 11) is 3.39. The quantitative estimate of drug-likeness (QED) is 0.148. The summed E-state index contributed by atoms with van der Waals surface area (Å²) in [5.41, 5.74) is 0.300. The van der Waals surface area contributed by atoms with Gasteiger partial charge in [-0.3, -0.25) is 24.0 Å². The summed E-state index contributed by atoms with van der Waals surface area (Å²) >= 11 is 0. The Hall–Kier alpha value is -3.36. The van der Waals surface area contributed by atoms with Gasteiger partial charge in [-0.2, -0.15) is 5.06 Å². The third-order valence-corrected chi connectivity index (χ3v) is 11.4. The molecule has 3 amide bonds. The van der Waals surface area contributed by atoms with Crippen LogP contribution in [0, 0.1) is 5.41 Å². The second kappa shape index (κ2) is 16.3. The largest absolute Gasteiger partial charge is 0.458 e. The van der Waals surface area contributed by atoms with Crippen molar-refractivity contribution in [2.45, 2.75) is 133 Å². The lowest BCUT2D eigenvalue weighted by Crippen LogP contribution is -2.70. The Kier molecular flexibility index (Phi) is 12.1. The van der Waals surface area contributed by atoms with Gasteiger partial charge in [-0.1, -0.05) is 63.8 Å². The zero-order valence-electron chi connectivity index (χ0n) is 31.1. The van der Waals surface area contributed by atoms with Gasteiger partial charge in [0.05, 0.1) is 13.2 Å². The van der Waals surface area contributed by atoms with Gasteiger partial charge in [0, 0.05) is 52.5 Å². The molecule has 5 aliphatic rings. The van der Waals surface area contributed by atoms with E-state index in [2.05, 4.69) is 19.2 Å². The number of amides is 3. The number of fused-ring (bicyclic) bond motifs is 4. The van der Waals surface area contributed by atoms with Crippen LogP contribution in [-0.2, 0) is 44.8 Å². The third kappa shape index (κ3) is 7.39. The molecule has 7 atom stereocenters. The summed E-state index contributed by atoms with van der Waals surface area (Å²) in [6.07, 6.45) is 9.12. The Balaban J connectivity index is 1.34. The summed E-state index contributed by atoms with van der Waals surface area (Å²) in [6, 6.07) is 5.79. The van der Waals surface area contributed by atoms with Crippen LogP contribution in [0.15, 0.2) is 30.3 Å². The van der Waals surface area contributed by atoms with Crippen LogP contribution in [0.2, 0.25) is 0 Å². The van der Waals surface area contributed by atoms with Gasteiger partial charge >= 0.3 is 5.97 Å². The van der Waals surface area contributed by atoms with Crippen molar-refractivity contribution in [1.29, 1.82) is 0 Å². The van der Waals surface area contributed by atoms with Crippen molar-refractivity contribution in [3.05, 3.63) is 41.5 Å². The Labute approximate surface area is 306 Å². The number of likely N-dealkylation sites (N-methyl/N-ethyl adjacent to an activating group) is 1. The van der Waals surface area contributed by atoms with E-state index in [9.17, 15) is 19.5 Å². The molecule has 0 spiro atoms. The van der Waals surface area contributed by atoms with E-state index in [1.807, 2.05) is 24.3 Å². The molecular formula is C39H56N4O9. The minimum Gasteiger partial charge on any atom is -0.458 e. The molecule has 13 nitrogen and oxygen atoms in total. The lowest BCUT2D eigenvalue weighted by atomic mass is 9.62. The topological polar surface area (TPSA) is 147 Å². The lowest BCUT2D eigenvalue weighted by molar-refractivity contribution is -0.225. The highest BCUT2D eigenvalue weighted by molar-refractivity contribution is 5.96. The highest BCUT2D eigenvalue weighted by Crippen LogP contribution is 2.59. The predicted octanol–water partition coefficient (Wildman–Crippen LogP) is 3.33. The highest BCUT2D eigenvalue weighted by atomic mass is 16.8. The Bertz CT molecular complexity index is 1470. The van der Waals surface area contributed by atoms with Crippen molar-refractivity contribution in [3.8, 4) is 0 Å². The van der Waals surface area contributed by atoms with Crippen molar-refractivity contribution in [1.82, 2.24) is 20.2 Å². The fraction of sp³-hybridized carbons (Fsp3) is 0.692. The van der Waals surface area contributed by atoms with Gasteiger partial charge in [0.25, 0.3) is 0 Å². The first-order valence-corrected chi connectivity index (χ1v) is 19.2. The van der Waals surface area contributed by atoms with Crippen LogP contribution in [0.1, 0.15) is 95.6 Å². The fourth-order valence-corrected chi connectivity index (χ4v) is 8.75. The number of nitrogens with zero attached hydrogens (tertiary/aromatic N) is 3. The van der Waals surface area contributed by atoms with Crippen molar-refractivity contribution in [3.63, 3.8) is 0 Å². The van der Waals surface area contributed by atoms with Crippen molar-refractivity contribution < 1.29 is 43.3 Å². The van der Waals surface area contributed by atoms with Gasteiger partial charge in [-0.05, 0) is 42.9 Å². The number of hydroxylamine groups is 2. The summed E-state index contributed by atoms with van der Waals surface area (Å²) < 4.78 is 20.1. The van der Waals surface area contributed by atoms with Crippen molar-refractivity contribution in [2.75, 3.05) is 33.8 Å². The first-order valence-electron chi connectivity index (χ1n) is 19.2. The molecule has 6 rings (SSSR count). The molecule has 0 radical (unpaired) electrons. The molecule has 13 heteroatoms. The number of aliphatic hydroxyl groups excluding tert-OH is 1. The smallest absolute Gasteiger partial charge is 0.327 e.